The van der Waals surface area contributed by atoms with Crippen molar-refractivity contribution in [1.82, 2.24) is 10.6 Å². The Hall–Kier alpha value is -1.39. The van der Waals surface area contributed by atoms with E-state index in [1.807, 2.05) is 13.8 Å². The van der Waals surface area contributed by atoms with Crippen molar-refractivity contribution in [3.8, 4) is 0 Å². The molecule has 0 aromatic rings. The van der Waals surface area contributed by atoms with Gasteiger partial charge in [-0.1, -0.05) is 26.7 Å². The van der Waals surface area contributed by atoms with Crippen LogP contribution in [0.25, 0.3) is 0 Å². The quantitative estimate of drug-likeness (QED) is 0.656. The molecule has 1 heterocycles. The molecular weight excluding hydrogens is 194 g/mol. The van der Waals surface area contributed by atoms with Crippen LogP contribution in [0.1, 0.15) is 39.5 Å². The molecule has 0 aromatic heterocycles. The summed E-state index contributed by atoms with van der Waals surface area (Å²) in [4.78, 5) is 22.7. The van der Waals surface area contributed by atoms with Gasteiger partial charge in [-0.3, -0.25) is 20.8 Å². The molecule has 1 aliphatic heterocycles. The van der Waals surface area contributed by atoms with Gasteiger partial charge in [0.05, 0.1) is 0 Å². The second kappa shape index (κ2) is 4.42. The molecule has 0 radical (unpaired) electrons. The average Bonchev–Trinajstić information content (AvgIpc) is 2.17. The third-order valence-corrected chi connectivity index (χ3v) is 2.94. The smallest absolute Gasteiger partial charge is 0.295 e. The first kappa shape index (κ1) is 11.7. The predicted octanol–water partition coefficient (Wildman–Crippen LogP) is 1.39. The van der Waals surface area contributed by atoms with Gasteiger partial charge in [0.2, 0.25) is 5.91 Å². The highest BCUT2D eigenvalue weighted by Gasteiger charge is 2.45. The molecule has 0 saturated carbocycles. The maximum atomic E-state index is 11.8. The Morgan fingerprint density at radius 3 is 2.40 bits per heavy atom. The van der Waals surface area contributed by atoms with Crippen LogP contribution < -0.4 is 10.6 Å². The van der Waals surface area contributed by atoms with Crippen molar-refractivity contribution in [3.63, 3.8) is 0 Å². The number of carbonyl (C=O) groups excluding carboxylic acids is 2. The summed E-state index contributed by atoms with van der Waals surface area (Å²) < 4.78 is 0. The zero-order chi connectivity index (χ0) is 11.5. The fourth-order valence-corrected chi connectivity index (χ4v) is 1.83. The zero-order valence-electron chi connectivity index (χ0n) is 9.14. The Morgan fingerprint density at radius 2 is 1.93 bits per heavy atom. The van der Waals surface area contributed by atoms with Crippen LogP contribution in [0.15, 0.2) is 0 Å². The third kappa shape index (κ3) is 2.00. The van der Waals surface area contributed by atoms with Gasteiger partial charge in [0.15, 0.2) is 0 Å². The van der Waals surface area contributed by atoms with Crippen molar-refractivity contribution >= 4 is 17.8 Å². The van der Waals surface area contributed by atoms with E-state index in [1.54, 1.807) is 0 Å². The van der Waals surface area contributed by atoms with Gasteiger partial charge in [0.1, 0.15) is 11.3 Å². The van der Waals surface area contributed by atoms with Crippen molar-refractivity contribution in [3.05, 3.63) is 0 Å². The van der Waals surface area contributed by atoms with Crippen molar-refractivity contribution in [1.29, 1.82) is 5.41 Å². The van der Waals surface area contributed by atoms with E-state index in [1.165, 1.54) is 0 Å². The number of amidine groups is 1. The highest BCUT2D eigenvalue weighted by molar-refractivity contribution is 6.20. The molecule has 15 heavy (non-hydrogen) atoms. The summed E-state index contributed by atoms with van der Waals surface area (Å²) in [5.74, 6) is -0.306. The molecule has 0 bridgehead atoms. The van der Waals surface area contributed by atoms with Crippen molar-refractivity contribution < 1.29 is 9.59 Å². The number of hydrogen-bond donors (Lipinski definition) is 3. The molecule has 0 aromatic carbocycles. The van der Waals surface area contributed by atoms with Crippen molar-refractivity contribution in [2.24, 2.45) is 5.41 Å². The number of hydrogen-bond acceptors (Lipinski definition) is 3. The average molecular weight is 211 g/mol. The van der Waals surface area contributed by atoms with Gasteiger partial charge in [-0.25, -0.2) is 4.79 Å². The van der Waals surface area contributed by atoms with Gasteiger partial charge >= 0.3 is 6.03 Å². The minimum Gasteiger partial charge on any atom is -0.295 e. The molecule has 1 atom stereocenters. The van der Waals surface area contributed by atoms with E-state index in [0.29, 0.717) is 12.8 Å². The van der Waals surface area contributed by atoms with E-state index >= 15 is 0 Å². The highest BCUT2D eigenvalue weighted by atomic mass is 16.2. The Morgan fingerprint density at radius 1 is 1.27 bits per heavy atom. The largest absolute Gasteiger partial charge is 0.326 e. The van der Waals surface area contributed by atoms with Gasteiger partial charge in [0, 0.05) is 0 Å². The number of carbonyl (C=O) groups is 2. The summed E-state index contributed by atoms with van der Waals surface area (Å²) in [5, 5.41) is 12.3. The first-order valence-electron chi connectivity index (χ1n) is 5.28. The molecule has 0 aliphatic carbocycles. The molecule has 0 spiro atoms. The summed E-state index contributed by atoms with van der Waals surface area (Å²) in [5.41, 5.74) is -0.829. The Labute approximate surface area is 89.1 Å². The van der Waals surface area contributed by atoms with Gasteiger partial charge in [-0.05, 0) is 12.8 Å². The molecule has 84 valence electrons. The SMILES string of the molecule is CCCC[C@@]1(CC)C(=N)NC(=O)NC1=O. The van der Waals surface area contributed by atoms with Crippen LogP contribution in [-0.2, 0) is 4.79 Å². The van der Waals surface area contributed by atoms with Crippen LogP contribution in [0.5, 0.6) is 0 Å². The monoisotopic (exact) mass is 211 g/mol. The van der Waals surface area contributed by atoms with Crippen LogP contribution in [0.3, 0.4) is 0 Å². The third-order valence-electron chi connectivity index (χ3n) is 2.94. The lowest BCUT2D eigenvalue weighted by molar-refractivity contribution is -0.127. The normalized spacial score (nSPS) is 26.1. The summed E-state index contributed by atoms with van der Waals surface area (Å²) in [7, 11) is 0. The molecule has 3 N–H and O–H groups in total. The molecule has 1 saturated heterocycles. The minimum atomic E-state index is -0.829. The van der Waals surface area contributed by atoms with Crippen LogP contribution in [0.2, 0.25) is 0 Å². The topological polar surface area (TPSA) is 82.1 Å². The molecular formula is C10H17N3O2. The number of urea groups is 1. The van der Waals surface area contributed by atoms with E-state index < -0.39 is 11.4 Å². The van der Waals surface area contributed by atoms with Gasteiger partial charge in [-0.15, -0.1) is 0 Å². The Kier molecular flexibility index (Phi) is 3.44. The number of nitrogens with one attached hydrogen (secondary N) is 3. The lowest BCUT2D eigenvalue weighted by Crippen LogP contribution is -2.61. The summed E-state index contributed by atoms with van der Waals surface area (Å²) in [6.45, 7) is 3.90. The van der Waals surface area contributed by atoms with E-state index in [4.69, 9.17) is 5.41 Å². The summed E-state index contributed by atoms with van der Waals surface area (Å²) in [6, 6.07) is -0.592. The van der Waals surface area contributed by atoms with Crippen molar-refractivity contribution in [2.75, 3.05) is 0 Å². The number of amides is 3. The molecule has 1 aliphatic rings. The van der Waals surface area contributed by atoms with Crippen LogP contribution in [0.4, 0.5) is 4.79 Å². The van der Waals surface area contributed by atoms with E-state index in [9.17, 15) is 9.59 Å². The fraction of sp³-hybridized carbons (Fsp3) is 0.700. The number of imide groups is 1. The summed E-state index contributed by atoms with van der Waals surface area (Å²) in [6.07, 6.45) is 3.00. The maximum Gasteiger partial charge on any atom is 0.326 e. The highest BCUT2D eigenvalue weighted by Crippen LogP contribution is 2.31. The fourth-order valence-electron chi connectivity index (χ4n) is 1.83. The van der Waals surface area contributed by atoms with Crippen LogP contribution in [0, 0.1) is 10.8 Å². The standard InChI is InChI=1S/C10H17N3O2/c1-3-5-6-10(4-2)7(11)12-9(15)13-8(10)14/h3-6H2,1-2H3,(H3,11,12,13,14,15)/t10-/m0/s1. The summed E-state index contributed by atoms with van der Waals surface area (Å²) >= 11 is 0. The number of rotatable bonds is 4. The second-order valence-electron chi connectivity index (χ2n) is 3.82. The van der Waals surface area contributed by atoms with Gasteiger partial charge < -0.3 is 0 Å². The molecule has 3 amide bonds. The van der Waals surface area contributed by atoms with Crippen molar-refractivity contribution in [2.45, 2.75) is 39.5 Å². The van der Waals surface area contributed by atoms with Crippen LogP contribution in [-0.4, -0.2) is 17.8 Å². The first-order chi connectivity index (χ1) is 7.06. The molecule has 5 nitrogen and oxygen atoms in total. The lowest BCUT2D eigenvalue weighted by atomic mass is 9.77. The second-order valence-corrected chi connectivity index (χ2v) is 3.82. The Bertz CT molecular complexity index is 279. The molecule has 1 fully saturated rings. The van der Waals surface area contributed by atoms with Gasteiger partial charge in [-0.2, -0.15) is 0 Å². The lowest BCUT2D eigenvalue weighted by Gasteiger charge is -2.35. The minimum absolute atomic E-state index is 0.0344. The molecule has 1 rings (SSSR count). The van der Waals surface area contributed by atoms with Crippen LogP contribution >= 0.6 is 0 Å². The van der Waals surface area contributed by atoms with E-state index in [2.05, 4.69) is 10.6 Å². The Balaban J connectivity index is 2.89. The zero-order valence-corrected chi connectivity index (χ0v) is 9.14. The number of unbranched alkanes of at least 4 members (excludes halogenated alkanes) is 1. The van der Waals surface area contributed by atoms with Gasteiger partial charge in [0.25, 0.3) is 0 Å². The van der Waals surface area contributed by atoms with E-state index in [0.717, 1.165) is 12.8 Å². The first-order valence-corrected chi connectivity index (χ1v) is 5.28. The molecule has 5 heteroatoms. The van der Waals surface area contributed by atoms with E-state index in [-0.39, 0.29) is 11.7 Å². The predicted molar refractivity (Wildman–Crippen MR) is 56.7 cm³/mol. The molecule has 0 unspecified atom stereocenters. The maximum absolute atomic E-state index is 11.8.